The van der Waals surface area contributed by atoms with Gasteiger partial charge in [0, 0.05) is 11.6 Å². The van der Waals surface area contributed by atoms with Gasteiger partial charge in [-0.25, -0.2) is 0 Å². The lowest BCUT2D eigenvalue weighted by atomic mass is 10.0. The summed E-state index contributed by atoms with van der Waals surface area (Å²) in [5.41, 5.74) is 0.872. The van der Waals surface area contributed by atoms with Gasteiger partial charge < -0.3 is 5.11 Å². The summed E-state index contributed by atoms with van der Waals surface area (Å²) in [6.07, 6.45) is 3.48. The Morgan fingerprint density at radius 1 is 1.33 bits per heavy atom. The molecule has 1 aromatic rings. The van der Waals surface area contributed by atoms with Crippen molar-refractivity contribution in [2.45, 2.75) is 25.3 Å². The Morgan fingerprint density at radius 2 is 2.17 bits per heavy atom. The van der Waals surface area contributed by atoms with E-state index in [2.05, 4.69) is 16.7 Å². The predicted octanol–water partition coefficient (Wildman–Crippen LogP) is 2.54. The van der Waals surface area contributed by atoms with Crippen molar-refractivity contribution in [3.63, 3.8) is 0 Å². The van der Waals surface area contributed by atoms with E-state index in [-0.39, 0.29) is 12.6 Å². The molecule has 1 aliphatic rings. The van der Waals surface area contributed by atoms with Gasteiger partial charge in [-0.05, 0) is 31.5 Å². The second-order valence-corrected chi connectivity index (χ2v) is 4.99. The van der Waals surface area contributed by atoms with E-state index >= 15 is 0 Å². The molecule has 0 saturated carbocycles. The Hall–Kier alpha value is -1.01. The van der Waals surface area contributed by atoms with E-state index in [4.69, 9.17) is 11.6 Å². The number of aliphatic hydroxyl groups is 1. The SMILES string of the molecule is OC[C@H]1CCCCN1CC#Cc1ccccc1Cl. The van der Waals surface area contributed by atoms with E-state index < -0.39 is 0 Å². The molecule has 1 fully saturated rings. The van der Waals surface area contributed by atoms with Crippen LogP contribution in [0.25, 0.3) is 0 Å². The van der Waals surface area contributed by atoms with Crippen LogP contribution >= 0.6 is 11.6 Å². The summed E-state index contributed by atoms with van der Waals surface area (Å²) in [5.74, 6) is 6.26. The molecule has 18 heavy (non-hydrogen) atoms. The molecule has 1 aliphatic heterocycles. The van der Waals surface area contributed by atoms with Crippen LogP contribution in [0.4, 0.5) is 0 Å². The molecule has 3 heteroatoms. The van der Waals surface area contributed by atoms with Crippen LogP contribution in [0, 0.1) is 11.8 Å². The molecule has 0 aliphatic carbocycles. The highest BCUT2D eigenvalue weighted by atomic mass is 35.5. The molecule has 0 bridgehead atoms. The summed E-state index contributed by atoms with van der Waals surface area (Å²) in [5, 5.41) is 10.0. The fourth-order valence-electron chi connectivity index (χ4n) is 2.27. The van der Waals surface area contributed by atoms with E-state index in [1.54, 1.807) is 0 Å². The Bertz CT molecular complexity index is 449. The van der Waals surface area contributed by atoms with Crippen molar-refractivity contribution in [1.29, 1.82) is 0 Å². The third-order valence-electron chi connectivity index (χ3n) is 3.34. The lowest BCUT2D eigenvalue weighted by Gasteiger charge is -2.32. The fraction of sp³-hybridized carbons (Fsp3) is 0.467. The second-order valence-electron chi connectivity index (χ2n) is 4.58. The van der Waals surface area contributed by atoms with Gasteiger partial charge in [-0.15, -0.1) is 0 Å². The quantitative estimate of drug-likeness (QED) is 0.829. The lowest BCUT2D eigenvalue weighted by Crippen LogP contribution is -2.41. The number of aliphatic hydroxyl groups excluding tert-OH is 1. The average molecular weight is 264 g/mol. The Labute approximate surface area is 114 Å². The first kappa shape index (κ1) is 13.4. The minimum Gasteiger partial charge on any atom is -0.395 e. The van der Waals surface area contributed by atoms with Crippen LogP contribution in [-0.2, 0) is 0 Å². The van der Waals surface area contributed by atoms with Gasteiger partial charge in [0.2, 0.25) is 0 Å². The summed E-state index contributed by atoms with van der Waals surface area (Å²) >= 11 is 6.05. The van der Waals surface area contributed by atoms with Crippen LogP contribution in [0.15, 0.2) is 24.3 Å². The van der Waals surface area contributed by atoms with Crippen molar-refractivity contribution in [2.24, 2.45) is 0 Å². The molecular weight excluding hydrogens is 246 g/mol. The van der Waals surface area contributed by atoms with Crippen molar-refractivity contribution < 1.29 is 5.11 Å². The zero-order valence-electron chi connectivity index (χ0n) is 10.4. The summed E-state index contributed by atoms with van der Waals surface area (Å²) in [6, 6.07) is 7.89. The first-order valence-corrected chi connectivity index (χ1v) is 6.77. The van der Waals surface area contributed by atoms with Crippen molar-refractivity contribution >= 4 is 11.6 Å². The molecule has 1 saturated heterocycles. The number of rotatable bonds is 2. The number of halogens is 1. The molecule has 0 amide bonds. The van der Waals surface area contributed by atoms with Gasteiger partial charge in [0.15, 0.2) is 0 Å². The first-order chi connectivity index (χ1) is 8.81. The minimum absolute atomic E-state index is 0.230. The van der Waals surface area contributed by atoms with Gasteiger partial charge in [0.1, 0.15) is 0 Å². The lowest BCUT2D eigenvalue weighted by molar-refractivity contribution is 0.103. The highest BCUT2D eigenvalue weighted by Gasteiger charge is 2.20. The van der Waals surface area contributed by atoms with Gasteiger partial charge >= 0.3 is 0 Å². The molecule has 0 aromatic heterocycles. The van der Waals surface area contributed by atoms with Crippen LogP contribution in [0.2, 0.25) is 5.02 Å². The standard InChI is InChI=1S/C15H18ClNO/c16-15-9-2-1-6-13(15)7-5-11-17-10-4-3-8-14(17)12-18/h1-2,6,9,14,18H,3-4,8,10-12H2/t14-/m1/s1. The van der Waals surface area contributed by atoms with E-state index in [0.29, 0.717) is 11.6 Å². The van der Waals surface area contributed by atoms with Crippen LogP contribution in [0.1, 0.15) is 24.8 Å². The number of benzene rings is 1. The van der Waals surface area contributed by atoms with E-state index in [1.807, 2.05) is 24.3 Å². The third kappa shape index (κ3) is 3.49. The maximum absolute atomic E-state index is 9.31. The zero-order valence-corrected chi connectivity index (χ0v) is 11.2. The highest BCUT2D eigenvalue weighted by molar-refractivity contribution is 6.31. The van der Waals surface area contributed by atoms with Crippen molar-refractivity contribution in [2.75, 3.05) is 19.7 Å². The smallest absolute Gasteiger partial charge is 0.0608 e. The molecule has 2 rings (SSSR count). The second kappa shape index (κ2) is 6.80. The van der Waals surface area contributed by atoms with Gasteiger partial charge in [0.05, 0.1) is 18.2 Å². The average Bonchev–Trinajstić information content (AvgIpc) is 2.41. The van der Waals surface area contributed by atoms with E-state index in [0.717, 1.165) is 18.5 Å². The first-order valence-electron chi connectivity index (χ1n) is 6.39. The van der Waals surface area contributed by atoms with Crippen LogP contribution < -0.4 is 0 Å². The highest BCUT2D eigenvalue weighted by Crippen LogP contribution is 2.16. The molecule has 0 spiro atoms. The molecule has 96 valence electrons. The molecular formula is C15H18ClNO. The minimum atomic E-state index is 0.230. The van der Waals surface area contributed by atoms with Crippen molar-refractivity contribution in [3.05, 3.63) is 34.9 Å². The van der Waals surface area contributed by atoms with Crippen LogP contribution in [0.5, 0.6) is 0 Å². The van der Waals surface area contributed by atoms with E-state index in [9.17, 15) is 5.11 Å². The predicted molar refractivity (Wildman–Crippen MR) is 74.6 cm³/mol. The van der Waals surface area contributed by atoms with Crippen molar-refractivity contribution in [3.8, 4) is 11.8 Å². The topological polar surface area (TPSA) is 23.5 Å². The summed E-state index contributed by atoms with van der Waals surface area (Å²) < 4.78 is 0. The Morgan fingerprint density at radius 3 is 2.94 bits per heavy atom. The Balaban J connectivity index is 1.97. The molecule has 0 radical (unpaired) electrons. The third-order valence-corrected chi connectivity index (χ3v) is 3.67. The molecule has 1 heterocycles. The Kier molecular flexibility index (Phi) is 5.07. The van der Waals surface area contributed by atoms with Crippen LogP contribution in [-0.4, -0.2) is 35.7 Å². The van der Waals surface area contributed by atoms with Gasteiger partial charge in [0.25, 0.3) is 0 Å². The fourth-order valence-corrected chi connectivity index (χ4v) is 2.46. The number of hydrogen-bond acceptors (Lipinski definition) is 2. The number of nitrogens with zero attached hydrogens (tertiary/aromatic N) is 1. The van der Waals surface area contributed by atoms with Gasteiger partial charge in [-0.2, -0.15) is 0 Å². The maximum Gasteiger partial charge on any atom is 0.0608 e. The number of likely N-dealkylation sites (tertiary alicyclic amines) is 1. The number of piperidine rings is 1. The summed E-state index contributed by atoms with van der Waals surface area (Å²) in [7, 11) is 0. The molecule has 1 aromatic carbocycles. The molecule has 1 N–H and O–H groups in total. The summed E-state index contributed by atoms with van der Waals surface area (Å²) in [4.78, 5) is 2.26. The number of hydrogen-bond donors (Lipinski definition) is 1. The zero-order chi connectivity index (χ0) is 12.8. The van der Waals surface area contributed by atoms with Crippen LogP contribution in [0.3, 0.4) is 0 Å². The monoisotopic (exact) mass is 263 g/mol. The molecule has 1 atom stereocenters. The van der Waals surface area contributed by atoms with Gasteiger partial charge in [-0.1, -0.05) is 42.0 Å². The summed E-state index contributed by atoms with van der Waals surface area (Å²) in [6.45, 7) is 1.96. The van der Waals surface area contributed by atoms with Gasteiger partial charge in [-0.3, -0.25) is 4.90 Å². The molecule has 2 nitrogen and oxygen atoms in total. The largest absolute Gasteiger partial charge is 0.395 e. The van der Waals surface area contributed by atoms with E-state index in [1.165, 1.54) is 12.8 Å². The van der Waals surface area contributed by atoms with Crippen molar-refractivity contribution in [1.82, 2.24) is 4.90 Å². The maximum atomic E-state index is 9.31. The molecule has 0 unspecified atom stereocenters. The normalized spacial score (nSPS) is 20.2.